The van der Waals surface area contributed by atoms with Gasteiger partial charge in [-0.3, -0.25) is 5.43 Å². The fourth-order valence-corrected chi connectivity index (χ4v) is 1.80. The number of halogens is 1. The Morgan fingerprint density at radius 2 is 2.00 bits per heavy atom. The van der Waals surface area contributed by atoms with E-state index in [9.17, 15) is 0 Å². The van der Waals surface area contributed by atoms with Crippen molar-refractivity contribution in [2.75, 3.05) is 0 Å². The van der Waals surface area contributed by atoms with Crippen LogP contribution < -0.4 is 10.7 Å². The molecule has 0 unspecified atom stereocenters. The Bertz CT molecular complexity index is 430. The lowest BCUT2D eigenvalue weighted by Gasteiger charge is -2.10. The van der Waals surface area contributed by atoms with Crippen LogP contribution in [0.4, 0.5) is 0 Å². The highest BCUT2D eigenvalue weighted by atomic mass is 35.5. The van der Waals surface area contributed by atoms with E-state index in [2.05, 4.69) is 15.8 Å². The molecule has 0 aliphatic heterocycles. The van der Waals surface area contributed by atoms with Gasteiger partial charge in [0.05, 0.1) is 5.71 Å². The van der Waals surface area contributed by atoms with Crippen LogP contribution in [0.2, 0.25) is 5.02 Å². The molecule has 0 fully saturated rings. The van der Waals surface area contributed by atoms with E-state index in [0.717, 1.165) is 11.3 Å². The highest BCUT2D eigenvalue weighted by Crippen LogP contribution is 2.15. The third kappa shape index (κ3) is 4.71. The quantitative estimate of drug-likeness (QED) is 0.503. The minimum atomic E-state index is 0.283. The average molecular weight is 270 g/mol. The van der Waals surface area contributed by atoms with E-state index in [0.29, 0.717) is 10.1 Å². The first-order valence-corrected chi connectivity index (χ1v) is 6.15. The molecule has 0 aromatic heterocycles. The van der Waals surface area contributed by atoms with E-state index in [4.69, 9.17) is 23.8 Å². The van der Waals surface area contributed by atoms with E-state index in [1.165, 1.54) is 0 Å². The van der Waals surface area contributed by atoms with Gasteiger partial charge in [-0.05, 0) is 39.1 Å². The van der Waals surface area contributed by atoms with Crippen molar-refractivity contribution in [1.82, 2.24) is 10.7 Å². The lowest BCUT2D eigenvalue weighted by molar-refractivity contribution is 0.719. The zero-order valence-electron chi connectivity index (χ0n) is 10.1. The lowest BCUT2D eigenvalue weighted by Crippen LogP contribution is -2.37. The number of benzene rings is 1. The summed E-state index contributed by atoms with van der Waals surface area (Å²) >= 11 is 11.1. The highest BCUT2D eigenvalue weighted by Gasteiger charge is 2.03. The van der Waals surface area contributed by atoms with Crippen LogP contribution in [0.5, 0.6) is 0 Å². The zero-order valence-corrected chi connectivity index (χ0v) is 11.7. The number of hydrazone groups is 1. The molecule has 5 heteroatoms. The second-order valence-corrected chi connectivity index (χ2v) is 4.73. The molecule has 0 radical (unpaired) electrons. The summed E-state index contributed by atoms with van der Waals surface area (Å²) in [5.74, 6) is 0. The molecule has 0 aliphatic carbocycles. The molecular formula is C12H16ClN3S. The molecule has 0 saturated heterocycles. The molecule has 0 atom stereocenters. The van der Waals surface area contributed by atoms with Crippen LogP contribution in [-0.2, 0) is 0 Å². The first-order valence-electron chi connectivity index (χ1n) is 5.36. The zero-order chi connectivity index (χ0) is 12.8. The van der Waals surface area contributed by atoms with Gasteiger partial charge in [-0.25, -0.2) is 0 Å². The fraction of sp³-hybridized carbons (Fsp3) is 0.333. The maximum Gasteiger partial charge on any atom is 0.187 e. The van der Waals surface area contributed by atoms with Gasteiger partial charge >= 0.3 is 0 Å². The van der Waals surface area contributed by atoms with Gasteiger partial charge in [0.15, 0.2) is 5.11 Å². The standard InChI is InChI=1S/C12H16ClN3S/c1-8(2)14-12(17)16-15-9(3)10-6-4-5-7-11(10)13/h4-8H,1-3H3,(H2,14,16,17)/b15-9-. The van der Waals surface area contributed by atoms with Crippen molar-refractivity contribution < 1.29 is 0 Å². The molecule has 1 aromatic carbocycles. The molecule has 0 aliphatic rings. The molecule has 17 heavy (non-hydrogen) atoms. The Kier molecular flexibility index (Phi) is 5.38. The van der Waals surface area contributed by atoms with Crippen LogP contribution in [0.25, 0.3) is 0 Å². The first-order chi connectivity index (χ1) is 8.00. The Labute approximate surface area is 112 Å². The molecular weight excluding hydrogens is 254 g/mol. The van der Waals surface area contributed by atoms with Crippen LogP contribution in [0, 0.1) is 0 Å². The summed E-state index contributed by atoms with van der Waals surface area (Å²) in [4.78, 5) is 0. The second kappa shape index (κ2) is 6.57. The molecule has 0 bridgehead atoms. The molecule has 2 N–H and O–H groups in total. The Morgan fingerprint density at radius 3 is 2.59 bits per heavy atom. The number of nitrogens with one attached hydrogen (secondary N) is 2. The fourth-order valence-electron chi connectivity index (χ4n) is 1.24. The van der Waals surface area contributed by atoms with Crippen LogP contribution in [0.15, 0.2) is 29.4 Å². The smallest absolute Gasteiger partial charge is 0.187 e. The summed E-state index contributed by atoms with van der Waals surface area (Å²) in [5, 5.41) is 8.42. The predicted molar refractivity (Wildman–Crippen MR) is 77.7 cm³/mol. The highest BCUT2D eigenvalue weighted by molar-refractivity contribution is 7.80. The van der Waals surface area contributed by atoms with Crippen molar-refractivity contribution in [3.63, 3.8) is 0 Å². The van der Waals surface area contributed by atoms with Gasteiger partial charge < -0.3 is 5.32 Å². The minimum absolute atomic E-state index is 0.283. The number of rotatable bonds is 3. The minimum Gasteiger partial charge on any atom is -0.359 e. The largest absolute Gasteiger partial charge is 0.359 e. The average Bonchev–Trinajstić information content (AvgIpc) is 2.25. The van der Waals surface area contributed by atoms with Gasteiger partial charge in [-0.2, -0.15) is 5.10 Å². The molecule has 1 aromatic rings. The summed E-state index contributed by atoms with van der Waals surface area (Å²) in [7, 11) is 0. The first kappa shape index (κ1) is 13.9. The van der Waals surface area contributed by atoms with E-state index in [1.807, 2.05) is 45.0 Å². The van der Waals surface area contributed by atoms with Crippen molar-refractivity contribution in [3.8, 4) is 0 Å². The Morgan fingerprint density at radius 1 is 1.35 bits per heavy atom. The predicted octanol–water partition coefficient (Wildman–Crippen LogP) is 2.94. The number of thiocarbonyl (C=S) groups is 1. The number of nitrogens with zero attached hydrogens (tertiary/aromatic N) is 1. The van der Waals surface area contributed by atoms with Gasteiger partial charge in [-0.1, -0.05) is 29.8 Å². The van der Waals surface area contributed by atoms with E-state index >= 15 is 0 Å². The monoisotopic (exact) mass is 269 g/mol. The maximum absolute atomic E-state index is 6.06. The van der Waals surface area contributed by atoms with Crippen LogP contribution >= 0.6 is 23.8 Å². The van der Waals surface area contributed by atoms with E-state index in [-0.39, 0.29) is 6.04 Å². The van der Waals surface area contributed by atoms with Crippen molar-refractivity contribution in [3.05, 3.63) is 34.9 Å². The molecule has 3 nitrogen and oxygen atoms in total. The molecule has 92 valence electrons. The summed E-state index contributed by atoms with van der Waals surface area (Å²) < 4.78 is 0. The van der Waals surface area contributed by atoms with Crippen LogP contribution in [-0.4, -0.2) is 16.9 Å². The van der Waals surface area contributed by atoms with Gasteiger partial charge in [-0.15, -0.1) is 0 Å². The topological polar surface area (TPSA) is 36.4 Å². The van der Waals surface area contributed by atoms with Crippen LogP contribution in [0.3, 0.4) is 0 Å². The number of hydrogen-bond acceptors (Lipinski definition) is 2. The van der Waals surface area contributed by atoms with Crippen molar-refractivity contribution in [1.29, 1.82) is 0 Å². The van der Waals surface area contributed by atoms with Gasteiger partial charge in [0.25, 0.3) is 0 Å². The normalized spacial score (nSPS) is 11.5. The lowest BCUT2D eigenvalue weighted by atomic mass is 10.1. The summed E-state index contributed by atoms with van der Waals surface area (Å²) in [6, 6.07) is 7.84. The van der Waals surface area contributed by atoms with Crippen LogP contribution in [0.1, 0.15) is 26.3 Å². The van der Waals surface area contributed by atoms with Gasteiger partial charge in [0.1, 0.15) is 0 Å². The van der Waals surface area contributed by atoms with Gasteiger partial charge in [0.2, 0.25) is 0 Å². The van der Waals surface area contributed by atoms with E-state index in [1.54, 1.807) is 0 Å². The number of hydrogen-bond donors (Lipinski definition) is 2. The van der Waals surface area contributed by atoms with Crippen molar-refractivity contribution >= 4 is 34.6 Å². The summed E-state index contributed by atoms with van der Waals surface area (Å²) in [6.07, 6.45) is 0. The molecule has 0 saturated carbocycles. The molecule has 0 amide bonds. The summed E-state index contributed by atoms with van der Waals surface area (Å²) in [5.41, 5.74) is 4.48. The van der Waals surface area contributed by atoms with Crippen molar-refractivity contribution in [2.45, 2.75) is 26.8 Å². The van der Waals surface area contributed by atoms with Gasteiger partial charge in [0, 0.05) is 16.6 Å². The third-order valence-electron chi connectivity index (χ3n) is 2.01. The SMILES string of the molecule is C/C(=N/NC(=S)NC(C)C)c1ccccc1Cl. The van der Waals surface area contributed by atoms with Crippen molar-refractivity contribution in [2.24, 2.45) is 5.10 Å². The summed E-state index contributed by atoms with van der Waals surface area (Å²) in [6.45, 7) is 5.91. The van der Waals surface area contributed by atoms with E-state index < -0.39 is 0 Å². The second-order valence-electron chi connectivity index (χ2n) is 3.92. The Balaban J connectivity index is 2.68. The third-order valence-corrected chi connectivity index (χ3v) is 2.55. The maximum atomic E-state index is 6.06. The molecule has 0 spiro atoms. The molecule has 0 heterocycles. The Hall–Kier alpha value is -1.13. The molecule has 1 rings (SSSR count).